The Balaban J connectivity index is 1.47. The van der Waals surface area contributed by atoms with Crippen molar-refractivity contribution in [3.8, 4) is 0 Å². The van der Waals surface area contributed by atoms with E-state index in [1.807, 2.05) is 60.7 Å². The number of halogens is 1. The fraction of sp³-hybridized carbons (Fsp3) is 0.208. The molecule has 0 radical (unpaired) electrons. The maximum atomic E-state index is 14.2. The van der Waals surface area contributed by atoms with E-state index in [1.165, 1.54) is 12.1 Å². The van der Waals surface area contributed by atoms with E-state index in [2.05, 4.69) is 5.32 Å². The topological polar surface area (TPSA) is 67.8 Å². The molecule has 0 spiro atoms. The van der Waals surface area contributed by atoms with Crippen molar-refractivity contribution in [2.24, 2.45) is 0 Å². The summed E-state index contributed by atoms with van der Waals surface area (Å²) in [6.45, 7) is 0.183. The van der Waals surface area contributed by atoms with Gasteiger partial charge in [0.2, 0.25) is 0 Å². The Morgan fingerprint density at radius 2 is 1.71 bits per heavy atom. The molecular weight excluding hydrogens is 396 g/mol. The van der Waals surface area contributed by atoms with Crippen molar-refractivity contribution >= 4 is 18.6 Å². The van der Waals surface area contributed by atoms with E-state index in [0.717, 1.165) is 16.7 Å². The zero-order valence-electron chi connectivity index (χ0n) is 16.7. The van der Waals surface area contributed by atoms with Gasteiger partial charge in [-0.25, -0.2) is 4.39 Å². The standard InChI is InChI=1S/C24H21BFNO4/c26-18-11-17(19-14-30-25(29)20(19)13-18)12-21-24(28)31-23(16-9-5-2-6-10-16)22(27-21)15-7-3-1-4-8-15/h1-11,13,21-23,27,29H,12,14H2/t21-,22-,23+/m0/s1. The van der Waals surface area contributed by atoms with E-state index in [0.29, 0.717) is 11.0 Å². The molecule has 2 N–H and O–H groups in total. The van der Waals surface area contributed by atoms with Crippen LogP contribution in [0.25, 0.3) is 0 Å². The molecule has 5 rings (SSSR count). The lowest BCUT2D eigenvalue weighted by molar-refractivity contribution is -0.160. The van der Waals surface area contributed by atoms with E-state index in [9.17, 15) is 14.2 Å². The molecule has 2 aliphatic heterocycles. The molecule has 7 heteroatoms. The number of benzene rings is 3. The first kappa shape index (κ1) is 19.9. The number of carbonyl (C=O) groups is 1. The predicted molar refractivity (Wildman–Crippen MR) is 114 cm³/mol. The van der Waals surface area contributed by atoms with E-state index in [1.54, 1.807) is 0 Å². The van der Waals surface area contributed by atoms with Crippen LogP contribution in [-0.2, 0) is 27.2 Å². The van der Waals surface area contributed by atoms with Gasteiger partial charge in [0.1, 0.15) is 18.0 Å². The molecule has 0 aromatic heterocycles. The quantitative estimate of drug-likeness (QED) is 0.505. The Kier molecular flexibility index (Phi) is 5.32. The van der Waals surface area contributed by atoms with Gasteiger partial charge in [-0.05, 0) is 46.3 Å². The van der Waals surface area contributed by atoms with Crippen molar-refractivity contribution in [2.45, 2.75) is 31.2 Å². The first-order valence-electron chi connectivity index (χ1n) is 10.3. The molecule has 3 atom stereocenters. The van der Waals surface area contributed by atoms with Crippen molar-refractivity contribution in [3.05, 3.63) is 101 Å². The summed E-state index contributed by atoms with van der Waals surface area (Å²) in [4.78, 5) is 12.9. The van der Waals surface area contributed by atoms with Gasteiger partial charge in [-0.3, -0.25) is 10.1 Å². The zero-order valence-corrected chi connectivity index (χ0v) is 16.7. The number of nitrogens with one attached hydrogen (secondary N) is 1. The average Bonchev–Trinajstić information content (AvgIpc) is 3.16. The van der Waals surface area contributed by atoms with Gasteiger partial charge < -0.3 is 14.4 Å². The summed E-state index contributed by atoms with van der Waals surface area (Å²) >= 11 is 0. The van der Waals surface area contributed by atoms with Gasteiger partial charge >= 0.3 is 13.1 Å². The van der Waals surface area contributed by atoms with Crippen LogP contribution >= 0.6 is 0 Å². The number of fused-ring (bicyclic) bond motifs is 1. The molecule has 5 nitrogen and oxygen atoms in total. The third kappa shape index (κ3) is 3.88. The summed E-state index contributed by atoms with van der Waals surface area (Å²) in [5.74, 6) is -0.859. The van der Waals surface area contributed by atoms with E-state index < -0.39 is 31.1 Å². The number of hydrogen-bond acceptors (Lipinski definition) is 5. The molecule has 0 amide bonds. The highest BCUT2D eigenvalue weighted by atomic mass is 19.1. The molecule has 0 bridgehead atoms. The van der Waals surface area contributed by atoms with Crippen LogP contribution in [0.5, 0.6) is 0 Å². The number of rotatable bonds is 4. The first-order chi connectivity index (χ1) is 15.1. The molecule has 1 saturated heterocycles. The molecule has 0 saturated carbocycles. The van der Waals surface area contributed by atoms with Crippen LogP contribution in [0.2, 0.25) is 0 Å². The largest absolute Gasteiger partial charge is 0.491 e. The smallest absolute Gasteiger partial charge is 0.454 e. The Hall–Kier alpha value is -3.00. The molecule has 31 heavy (non-hydrogen) atoms. The molecule has 3 aromatic carbocycles. The van der Waals surface area contributed by atoms with Crippen molar-refractivity contribution in [1.29, 1.82) is 0 Å². The number of esters is 1. The minimum Gasteiger partial charge on any atom is -0.454 e. The maximum absolute atomic E-state index is 14.2. The van der Waals surface area contributed by atoms with Crippen LogP contribution < -0.4 is 10.8 Å². The summed E-state index contributed by atoms with van der Waals surface area (Å²) in [5.41, 5.74) is 3.67. The van der Waals surface area contributed by atoms with Crippen molar-refractivity contribution in [2.75, 3.05) is 0 Å². The van der Waals surface area contributed by atoms with Gasteiger partial charge in [0.25, 0.3) is 0 Å². The highest BCUT2D eigenvalue weighted by molar-refractivity contribution is 6.61. The Bertz CT molecular complexity index is 1100. The second kappa shape index (κ2) is 8.27. The van der Waals surface area contributed by atoms with Crippen LogP contribution in [0.4, 0.5) is 4.39 Å². The van der Waals surface area contributed by atoms with Crippen LogP contribution in [0.3, 0.4) is 0 Å². The van der Waals surface area contributed by atoms with Gasteiger partial charge in [-0.15, -0.1) is 0 Å². The number of hydrogen-bond donors (Lipinski definition) is 2. The second-order valence-electron chi connectivity index (χ2n) is 7.88. The predicted octanol–water partition coefficient (Wildman–Crippen LogP) is 2.58. The number of ether oxygens (including phenoxy) is 1. The van der Waals surface area contributed by atoms with E-state index >= 15 is 0 Å². The molecule has 2 aliphatic rings. The summed E-state index contributed by atoms with van der Waals surface area (Å²) in [6.07, 6.45) is -0.240. The van der Waals surface area contributed by atoms with Crippen LogP contribution in [0, 0.1) is 5.82 Å². The zero-order chi connectivity index (χ0) is 21.4. The Morgan fingerprint density at radius 1 is 1.03 bits per heavy atom. The summed E-state index contributed by atoms with van der Waals surface area (Å²) in [7, 11) is -1.14. The highest BCUT2D eigenvalue weighted by Crippen LogP contribution is 2.36. The SMILES string of the molecule is O=C1O[C@H](c2ccccc2)[C@H](c2ccccc2)N[C@H]1Cc1cc(F)cc2c1COB2O. The molecule has 2 heterocycles. The van der Waals surface area contributed by atoms with Crippen molar-refractivity contribution in [1.82, 2.24) is 5.32 Å². The van der Waals surface area contributed by atoms with Crippen LogP contribution in [0.15, 0.2) is 72.8 Å². The first-order valence-corrected chi connectivity index (χ1v) is 10.3. The summed E-state index contributed by atoms with van der Waals surface area (Å²) in [5, 5.41) is 13.4. The minimum absolute atomic E-state index is 0.183. The lowest BCUT2D eigenvalue weighted by atomic mass is 9.77. The third-order valence-corrected chi connectivity index (χ3v) is 5.92. The van der Waals surface area contributed by atoms with Crippen LogP contribution in [-0.4, -0.2) is 24.2 Å². The number of carbonyl (C=O) groups excluding carboxylic acids is 1. The molecule has 0 unspecified atom stereocenters. The van der Waals surface area contributed by atoms with Crippen molar-refractivity contribution < 1.29 is 23.6 Å². The third-order valence-electron chi connectivity index (χ3n) is 5.92. The van der Waals surface area contributed by atoms with Crippen LogP contribution in [0.1, 0.15) is 34.4 Å². The second-order valence-corrected chi connectivity index (χ2v) is 7.88. The maximum Gasteiger partial charge on any atom is 0.491 e. The fourth-order valence-electron chi connectivity index (χ4n) is 4.39. The molecule has 0 aliphatic carbocycles. The normalized spacial score (nSPS) is 22.8. The Labute approximate surface area is 180 Å². The van der Waals surface area contributed by atoms with E-state index in [4.69, 9.17) is 9.39 Å². The molecule has 1 fully saturated rings. The molecule has 156 valence electrons. The molecular formula is C24H21BFNO4. The minimum atomic E-state index is -1.14. The van der Waals surface area contributed by atoms with Gasteiger partial charge in [0.05, 0.1) is 12.6 Å². The van der Waals surface area contributed by atoms with Gasteiger partial charge in [0.15, 0.2) is 0 Å². The number of cyclic esters (lactones) is 1. The lowest BCUT2D eigenvalue weighted by Crippen LogP contribution is -2.50. The summed E-state index contributed by atoms with van der Waals surface area (Å²) < 4.78 is 25.3. The monoisotopic (exact) mass is 417 g/mol. The number of morpholine rings is 1. The van der Waals surface area contributed by atoms with Gasteiger partial charge in [-0.2, -0.15) is 0 Å². The highest BCUT2D eigenvalue weighted by Gasteiger charge is 2.40. The van der Waals surface area contributed by atoms with Gasteiger partial charge in [0, 0.05) is 0 Å². The molecule has 3 aromatic rings. The lowest BCUT2D eigenvalue weighted by Gasteiger charge is -2.37. The Morgan fingerprint density at radius 3 is 2.42 bits per heavy atom. The van der Waals surface area contributed by atoms with Gasteiger partial charge in [-0.1, -0.05) is 60.7 Å². The average molecular weight is 417 g/mol. The van der Waals surface area contributed by atoms with E-state index in [-0.39, 0.29) is 19.1 Å². The fourth-order valence-corrected chi connectivity index (χ4v) is 4.39. The summed E-state index contributed by atoms with van der Waals surface area (Å²) in [6, 6.07) is 21.2. The van der Waals surface area contributed by atoms with Crippen molar-refractivity contribution in [3.63, 3.8) is 0 Å².